The molecule has 0 aliphatic heterocycles. The predicted molar refractivity (Wildman–Crippen MR) is 118 cm³/mol. The first-order valence-corrected chi connectivity index (χ1v) is 10.4. The number of nitrogens with zero attached hydrogens (tertiary/aromatic N) is 5. The molecule has 0 aliphatic rings. The van der Waals surface area contributed by atoms with Gasteiger partial charge in [-0.1, -0.05) is 60.1 Å². The number of benzene rings is 2. The highest BCUT2D eigenvalue weighted by atomic mass is 35.5. The van der Waals surface area contributed by atoms with Crippen molar-refractivity contribution in [3.8, 4) is 22.5 Å². The van der Waals surface area contributed by atoms with Gasteiger partial charge in [0.2, 0.25) is 5.82 Å². The first-order valence-electron chi connectivity index (χ1n) is 10.0. The van der Waals surface area contributed by atoms with Gasteiger partial charge in [-0.05, 0) is 35.2 Å². The van der Waals surface area contributed by atoms with Crippen molar-refractivity contribution in [3.63, 3.8) is 0 Å². The van der Waals surface area contributed by atoms with Crippen LogP contribution in [0.25, 0.3) is 22.5 Å². The van der Waals surface area contributed by atoms with Crippen LogP contribution in [0.4, 0.5) is 0 Å². The van der Waals surface area contributed by atoms with Crippen molar-refractivity contribution in [2.75, 3.05) is 0 Å². The van der Waals surface area contributed by atoms with E-state index in [0.717, 1.165) is 22.3 Å². The first-order chi connectivity index (χ1) is 15.4. The minimum absolute atomic E-state index is 0.0521. The average Bonchev–Trinajstić information content (AvgIpc) is 3.41. The van der Waals surface area contributed by atoms with Gasteiger partial charge in [-0.2, -0.15) is 5.21 Å². The number of carbonyl (C=O) groups is 1. The lowest BCUT2D eigenvalue weighted by Gasteiger charge is -2.12. The maximum atomic E-state index is 11.8. The molecule has 1 atom stereocenters. The summed E-state index contributed by atoms with van der Waals surface area (Å²) >= 11 is 6.10. The minimum Gasteiger partial charge on any atom is -0.476 e. The van der Waals surface area contributed by atoms with Gasteiger partial charge >= 0.3 is 5.97 Å². The third kappa shape index (κ3) is 4.53. The standard InChI is InChI=1S/C22H21ClN6O3/c1-13(30)6-11-18-24-20(23)19(22(31)32)29(18)12-14-7-9-15(10-8-14)16-4-2-3-5-17(16)21-25-27-28-26-21/h2-5,7-10,13,30H,6,11-12H2,1H3,(H,31,32)(H,25,26,27,28). The van der Waals surface area contributed by atoms with E-state index < -0.39 is 12.1 Å². The number of imidazole rings is 1. The van der Waals surface area contributed by atoms with Crippen LogP contribution in [0, 0.1) is 0 Å². The number of aromatic nitrogens is 6. The summed E-state index contributed by atoms with van der Waals surface area (Å²) in [6.45, 7) is 1.97. The Morgan fingerprint density at radius 3 is 2.50 bits per heavy atom. The molecule has 2 aromatic heterocycles. The number of hydrogen-bond donors (Lipinski definition) is 3. The molecule has 3 N–H and O–H groups in total. The number of aliphatic hydroxyl groups is 1. The number of aryl methyl sites for hydroxylation is 1. The molecule has 2 aromatic carbocycles. The molecule has 0 spiro atoms. The predicted octanol–water partition coefficient (Wildman–Crippen LogP) is 3.44. The smallest absolute Gasteiger partial charge is 0.355 e. The number of carboxylic acid groups (broad SMARTS) is 1. The van der Waals surface area contributed by atoms with Gasteiger partial charge in [0.05, 0.1) is 6.10 Å². The molecule has 9 nitrogen and oxygen atoms in total. The Balaban J connectivity index is 1.64. The molecule has 4 rings (SSSR count). The van der Waals surface area contributed by atoms with Crippen molar-refractivity contribution in [3.05, 3.63) is 70.8 Å². The van der Waals surface area contributed by atoms with E-state index >= 15 is 0 Å². The molecule has 164 valence electrons. The van der Waals surface area contributed by atoms with Crippen LogP contribution in [-0.2, 0) is 13.0 Å². The first kappa shape index (κ1) is 21.7. The Kier molecular flexibility index (Phi) is 6.29. The summed E-state index contributed by atoms with van der Waals surface area (Å²) in [6, 6.07) is 15.5. The molecule has 0 radical (unpaired) electrons. The zero-order valence-electron chi connectivity index (χ0n) is 17.2. The fourth-order valence-corrected chi connectivity index (χ4v) is 3.83. The monoisotopic (exact) mass is 452 g/mol. The van der Waals surface area contributed by atoms with E-state index in [4.69, 9.17) is 11.6 Å². The van der Waals surface area contributed by atoms with Gasteiger partial charge in [0.1, 0.15) is 5.82 Å². The van der Waals surface area contributed by atoms with Gasteiger partial charge in [0, 0.05) is 18.5 Å². The quantitative estimate of drug-likeness (QED) is 0.373. The molecule has 0 saturated carbocycles. The maximum absolute atomic E-state index is 11.8. The second-order valence-electron chi connectivity index (χ2n) is 7.42. The van der Waals surface area contributed by atoms with Gasteiger partial charge < -0.3 is 14.8 Å². The molecular formula is C22H21ClN6O3. The Labute approximate surface area is 188 Å². The van der Waals surface area contributed by atoms with Gasteiger partial charge in [-0.3, -0.25) is 0 Å². The molecule has 32 heavy (non-hydrogen) atoms. The Morgan fingerprint density at radius 2 is 1.88 bits per heavy atom. The molecule has 0 aliphatic carbocycles. The highest BCUT2D eigenvalue weighted by molar-refractivity contribution is 6.32. The topological polar surface area (TPSA) is 130 Å². The van der Waals surface area contributed by atoms with Crippen LogP contribution in [0.3, 0.4) is 0 Å². The van der Waals surface area contributed by atoms with Crippen molar-refractivity contribution in [1.82, 2.24) is 30.2 Å². The molecule has 0 bridgehead atoms. The molecule has 0 saturated heterocycles. The molecule has 10 heteroatoms. The summed E-state index contributed by atoms with van der Waals surface area (Å²) in [5.41, 5.74) is 3.60. The van der Waals surface area contributed by atoms with Crippen molar-refractivity contribution < 1.29 is 15.0 Å². The summed E-state index contributed by atoms with van der Waals surface area (Å²) in [7, 11) is 0. The van der Waals surface area contributed by atoms with E-state index in [9.17, 15) is 15.0 Å². The largest absolute Gasteiger partial charge is 0.476 e. The van der Waals surface area contributed by atoms with Crippen molar-refractivity contribution in [2.24, 2.45) is 0 Å². The zero-order chi connectivity index (χ0) is 22.7. The minimum atomic E-state index is -1.14. The summed E-state index contributed by atoms with van der Waals surface area (Å²) in [6.07, 6.45) is 0.352. The van der Waals surface area contributed by atoms with Gasteiger partial charge in [-0.25, -0.2) is 9.78 Å². The van der Waals surface area contributed by atoms with Crippen LogP contribution < -0.4 is 0 Å². The van der Waals surface area contributed by atoms with Gasteiger partial charge in [0.25, 0.3) is 0 Å². The van der Waals surface area contributed by atoms with E-state index in [1.165, 1.54) is 0 Å². The zero-order valence-corrected chi connectivity index (χ0v) is 18.0. The highest BCUT2D eigenvalue weighted by Gasteiger charge is 2.22. The molecule has 4 aromatic rings. The number of H-pyrrole nitrogens is 1. The van der Waals surface area contributed by atoms with Crippen LogP contribution in [0.2, 0.25) is 5.15 Å². The van der Waals surface area contributed by atoms with Crippen LogP contribution in [0.5, 0.6) is 0 Å². The van der Waals surface area contributed by atoms with Gasteiger partial charge in [-0.15, -0.1) is 10.2 Å². The summed E-state index contributed by atoms with van der Waals surface area (Å²) < 4.78 is 1.59. The lowest BCUT2D eigenvalue weighted by atomic mass is 9.98. The number of tetrazole rings is 1. The number of aromatic amines is 1. The lowest BCUT2D eigenvalue weighted by Crippen LogP contribution is -2.14. The Morgan fingerprint density at radius 1 is 1.16 bits per heavy atom. The van der Waals surface area contributed by atoms with E-state index in [1.807, 2.05) is 48.5 Å². The lowest BCUT2D eigenvalue weighted by molar-refractivity contribution is 0.0685. The number of rotatable bonds is 8. The average molecular weight is 453 g/mol. The second kappa shape index (κ2) is 9.29. The number of halogens is 1. The number of carboxylic acids is 1. The summed E-state index contributed by atoms with van der Waals surface area (Å²) in [5.74, 6) is -0.108. The van der Waals surface area contributed by atoms with Crippen LogP contribution >= 0.6 is 11.6 Å². The highest BCUT2D eigenvalue weighted by Crippen LogP contribution is 2.30. The Hall–Kier alpha value is -3.56. The molecule has 2 heterocycles. The third-order valence-corrected chi connectivity index (χ3v) is 5.37. The van der Waals surface area contributed by atoms with Crippen molar-refractivity contribution in [2.45, 2.75) is 32.4 Å². The maximum Gasteiger partial charge on any atom is 0.355 e. The summed E-state index contributed by atoms with van der Waals surface area (Å²) in [4.78, 5) is 16.0. The van der Waals surface area contributed by atoms with Crippen LogP contribution in [0.15, 0.2) is 48.5 Å². The fraction of sp³-hybridized carbons (Fsp3) is 0.227. The van der Waals surface area contributed by atoms with E-state index in [1.54, 1.807) is 11.5 Å². The van der Waals surface area contributed by atoms with E-state index in [0.29, 0.717) is 31.0 Å². The normalized spacial score (nSPS) is 12.1. The van der Waals surface area contributed by atoms with E-state index in [2.05, 4.69) is 25.6 Å². The Bertz CT molecular complexity index is 1220. The third-order valence-electron chi connectivity index (χ3n) is 5.11. The van der Waals surface area contributed by atoms with Crippen LogP contribution in [0.1, 0.15) is 35.2 Å². The second-order valence-corrected chi connectivity index (χ2v) is 7.78. The van der Waals surface area contributed by atoms with Gasteiger partial charge in [0.15, 0.2) is 10.8 Å². The number of hydrogen-bond acceptors (Lipinski definition) is 6. The van der Waals surface area contributed by atoms with Crippen molar-refractivity contribution in [1.29, 1.82) is 0 Å². The summed E-state index contributed by atoms with van der Waals surface area (Å²) in [5, 5.41) is 33.4. The molecule has 0 amide bonds. The molecular weight excluding hydrogens is 432 g/mol. The number of aromatic carboxylic acids is 1. The SMILES string of the molecule is CC(O)CCc1nc(Cl)c(C(=O)O)n1Cc1ccc(-c2ccccc2-c2nn[nH]n2)cc1. The van der Waals surface area contributed by atoms with E-state index in [-0.39, 0.29) is 10.8 Å². The number of aliphatic hydroxyl groups excluding tert-OH is 1. The fourth-order valence-electron chi connectivity index (χ4n) is 3.55. The van der Waals surface area contributed by atoms with Crippen molar-refractivity contribution >= 4 is 17.6 Å². The molecule has 1 unspecified atom stereocenters. The number of nitrogens with one attached hydrogen (secondary N) is 1. The van der Waals surface area contributed by atoms with Crippen LogP contribution in [-0.4, -0.2) is 52.5 Å². The molecule has 0 fully saturated rings.